The summed E-state index contributed by atoms with van der Waals surface area (Å²) in [4.78, 5) is 57.5. The third-order valence-electron chi connectivity index (χ3n) is 8.48. The van der Waals surface area contributed by atoms with Gasteiger partial charge in [0.05, 0.1) is 6.42 Å². The number of aliphatic carboxylic acids is 1. The summed E-state index contributed by atoms with van der Waals surface area (Å²) >= 11 is 0. The van der Waals surface area contributed by atoms with E-state index in [1.165, 1.54) is 11.8 Å². The normalized spacial score (nSPS) is 15.0. The number of aromatic amines is 1. The van der Waals surface area contributed by atoms with Crippen molar-refractivity contribution in [1.29, 1.82) is 0 Å². The Bertz CT molecular complexity index is 1640. The molecule has 1 aromatic heterocycles. The Kier molecular flexibility index (Phi) is 11.3. The van der Waals surface area contributed by atoms with Crippen LogP contribution in [0.2, 0.25) is 0 Å². The standard InChI is InChI=1S/C34H39F4N3O6/c1-17(2)13-21-28-18(3)9-8-12-24(28)39-31(21)34(46)41(20-10-6-5-7-11-20)19(4)33(45)40-25(15-27(43)44)26(42)16-47-32-29(37)22(35)14-23(36)30(32)38/h8-9,12,14,17,19-20,25,39H,5-7,10-11,13,15-16H2,1-4H3,(H,40,45)(H,43,44)/t19-,25?/m0/s1. The molecule has 4 rings (SSSR count). The van der Waals surface area contributed by atoms with Gasteiger partial charge in [0.25, 0.3) is 5.91 Å². The van der Waals surface area contributed by atoms with Crippen LogP contribution in [0.5, 0.6) is 5.75 Å². The maximum absolute atomic E-state index is 14.5. The van der Waals surface area contributed by atoms with Crippen molar-refractivity contribution in [2.24, 2.45) is 5.92 Å². The number of ether oxygens (including phenoxy) is 1. The number of hydrogen-bond acceptors (Lipinski definition) is 5. The minimum Gasteiger partial charge on any atom is -0.481 e. The van der Waals surface area contributed by atoms with E-state index in [-0.39, 0.29) is 18.0 Å². The van der Waals surface area contributed by atoms with Crippen molar-refractivity contribution in [2.45, 2.75) is 90.8 Å². The van der Waals surface area contributed by atoms with Crippen LogP contribution in [0.25, 0.3) is 10.9 Å². The lowest BCUT2D eigenvalue weighted by molar-refractivity contribution is -0.141. The van der Waals surface area contributed by atoms with Crippen LogP contribution in [0.1, 0.15) is 80.9 Å². The summed E-state index contributed by atoms with van der Waals surface area (Å²) in [5.74, 6) is -12.4. The lowest BCUT2D eigenvalue weighted by Gasteiger charge is -2.38. The molecule has 2 atom stereocenters. The number of carboxylic acid groups (broad SMARTS) is 1. The highest BCUT2D eigenvalue weighted by Crippen LogP contribution is 2.32. The van der Waals surface area contributed by atoms with Gasteiger partial charge in [-0.05, 0) is 56.2 Å². The van der Waals surface area contributed by atoms with Gasteiger partial charge in [-0.1, -0.05) is 45.2 Å². The second-order valence-electron chi connectivity index (χ2n) is 12.5. The largest absolute Gasteiger partial charge is 0.481 e. The molecule has 3 aromatic rings. The van der Waals surface area contributed by atoms with Crippen molar-refractivity contribution in [1.82, 2.24) is 15.2 Å². The van der Waals surface area contributed by atoms with Gasteiger partial charge in [-0.2, -0.15) is 8.78 Å². The third kappa shape index (κ3) is 7.94. The predicted octanol–water partition coefficient (Wildman–Crippen LogP) is 6.00. The van der Waals surface area contributed by atoms with E-state index in [4.69, 9.17) is 4.74 Å². The van der Waals surface area contributed by atoms with Gasteiger partial charge in [0.2, 0.25) is 17.5 Å². The molecule has 9 nitrogen and oxygen atoms in total. The SMILES string of the molecule is Cc1cccc2[nH]c(C(=O)N(C3CCCCC3)[C@@H](C)C(=O)NC(CC(=O)O)C(=O)COc3c(F)c(F)cc(F)c3F)c(CC(C)C)c12. The molecule has 1 saturated carbocycles. The summed E-state index contributed by atoms with van der Waals surface area (Å²) in [6.45, 7) is 6.31. The molecule has 2 amide bonds. The Morgan fingerprint density at radius 1 is 1.02 bits per heavy atom. The van der Waals surface area contributed by atoms with Gasteiger partial charge < -0.3 is 25.0 Å². The minimum atomic E-state index is -1.88. The van der Waals surface area contributed by atoms with Crippen molar-refractivity contribution in [3.63, 3.8) is 0 Å². The molecule has 2 aromatic carbocycles. The fraction of sp³-hybridized carbons (Fsp3) is 0.471. The number of nitrogens with zero attached hydrogens (tertiary/aromatic N) is 1. The summed E-state index contributed by atoms with van der Waals surface area (Å²) in [6, 6.07) is 2.46. The Balaban J connectivity index is 1.63. The molecule has 3 N–H and O–H groups in total. The van der Waals surface area contributed by atoms with Gasteiger partial charge in [0.15, 0.2) is 23.2 Å². The zero-order chi connectivity index (χ0) is 34.6. The molecule has 1 aliphatic rings. The Labute approximate surface area is 269 Å². The average molecular weight is 662 g/mol. The van der Waals surface area contributed by atoms with E-state index in [9.17, 15) is 41.8 Å². The van der Waals surface area contributed by atoms with E-state index in [1.54, 1.807) is 0 Å². The van der Waals surface area contributed by atoms with Crippen LogP contribution in [0.15, 0.2) is 24.3 Å². The van der Waals surface area contributed by atoms with Crippen LogP contribution in [0, 0.1) is 36.1 Å². The highest BCUT2D eigenvalue weighted by atomic mass is 19.2. The second kappa shape index (κ2) is 15.0. The zero-order valence-corrected chi connectivity index (χ0v) is 26.7. The van der Waals surface area contributed by atoms with Crippen LogP contribution < -0.4 is 10.1 Å². The Morgan fingerprint density at radius 2 is 1.66 bits per heavy atom. The number of benzene rings is 2. The first-order valence-electron chi connectivity index (χ1n) is 15.6. The van der Waals surface area contributed by atoms with Gasteiger partial charge in [0.1, 0.15) is 24.4 Å². The topological polar surface area (TPSA) is 129 Å². The molecule has 1 fully saturated rings. The number of halogens is 4. The average Bonchev–Trinajstić information content (AvgIpc) is 3.38. The quantitative estimate of drug-likeness (QED) is 0.152. The lowest BCUT2D eigenvalue weighted by Crippen LogP contribution is -2.56. The number of carboxylic acids is 1. The van der Waals surface area contributed by atoms with Crippen molar-refractivity contribution in [3.8, 4) is 5.75 Å². The number of hydrogen-bond donors (Lipinski definition) is 3. The molecule has 1 heterocycles. The van der Waals surface area contributed by atoms with E-state index >= 15 is 0 Å². The van der Waals surface area contributed by atoms with Crippen LogP contribution >= 0.6 is 0 Å². The van der Waals surface area contributed by atoms with Gasteiger partial charge in [-0.3, -0.25) is 19.2 Å². The molecule has 0 spiro atoms. The third-order valence-corrected chi connectivity index (χ3v) is 8.48. The number of H-pyrrole nitrogens is 1. The smallest absolute Gasteiger partial charge is 0.305 e. The van der Waals surface area contributed by atoms with Gasteiger partial charge >= 0.3 is 5.97 Å². The number of Topliss-reactive ketones (excluding diaryl/α,β-unsaturated/α-hetero) is 1. The number of aromatic nitrogens is 1. The van der Waals surface area contributed by atoms with Crippen molar-refractivity contribution in [3.05, 3.63) is 64.4 Å². The van der Waals surface area contributed by atoms with Crippen molar-refractivity contribution >= 4 is 34.5 Å². The fourth-order valence-corrected chi connectivity index (χ4v) is 6.21. The van der Waals surface area contributed by atoms with Crippen LogP contribution in [-0.2, 0) is 20.8 Å². The molecule has 1 aliphatic carbocycles. The molecule has 1 unspecified atom stereocenters. The molecule has 254 valence electrons. The highest BCUT2D eigenvalue weighted by molar-refractivity contribution is 6.04. The molecular weight excluding hydrogens is 622 g/mol. The first kappa shape index (κ1) is 35.4. The number of fused-ring (bicyclic) bond motifs is 1. The van der Waals surface area contributed by atoms with Gasteiger partial charge in [-0.25, -0.2) is 8.78 Å². The summed E-state index contributed by atoms with van der Waals surface area (Å²) in [5.41, 5.74) is 2.95. The van der Waals surface area contributed by atoms with Crippen molar-refractivity contribution < 1.29 is 46.6 Å². The molecule has 0 bridgehead atoms. The van der Waals surface area contributed by atoms with Crippen LogP contribution in [-0.4, -0.2) is 63.3 Å². The van der Waals surface area contributed by atoms with E-state index in [2.05, 4.69) is 10.3 Å². The van der Waals surface area contributed by atoms with E-state index in [1.807, 2.05) is 39.0 Å². The first-order valence-corrected chi connectivity index (χ1v) is 15.6. The van der Waals surface area contributed by atoms with E-state index < -0.39 is 77.7 Å². The summed E-state index contributed by atoms with van der Waals surface area (Å²) in [5, 5.41) is 12.7. The van der Waals surface area contributed by atoms with Crippen LogP contribution in [0.4, 0.5) is 17.6 Å². The van der Waals surface area contributed by atoms with E-state index in [0.717, 1.165) is 41.3 Å². The molecule has 47 heavy (non-hydrogen) atoms. The number of rotatable bonds is 13. The highest BCUT2D eigenvalue weighted by Gasteiger charge is 2.37. The summed E-state index contributed by atoms with van der Waals surface area (Å²) < 4.78 is 60.1. The number of aryl methyl sites for hydroxylation is 1. The molecule has 13 heteroatoms. The monoisotopic (exact) mass is 661 g/mol. The Morgan fingerprint density at radius 3 is 2.26 bits per heavy atom. The molecule has 0 radical (unpaired) electrons. The lowest BCUT2D eigenvalue weighted by atomic mass is 9.92. The number of carbonyl (C=O) groups excluding carboxylic acids is 3. The number of amides is 2. The zero-order valence-electron chi connectivity index (χ0n) is 26.7. The maximum atomic E-state index is 14.5. The second-order valence-corrected chi connectivity index (χ2v) is 12.5. The summed E-state index contributed by atoms with van der Waals surface area (Å²) in [7, 11) is 0. The maximum Gasteiger partial charge on any atom is 0.305 e. The Hall–Kier alpha value is -4.42. The molecule has 0 aliphatic heterocycles. The van der Waals surface area contributed by atoms with Gasteiger partial charge in [-0.15, -0.1) is 0 Å². The van der Waals surface area contributed by atoms with Crippen LogP contribution in [0.3, 0.4) is 0 Å². The van der Waals surface area contributed by atoms with Crippen molar-refractivity contribution in [2.75, 3.05) is 6.61 Å². The number of nitrogens with one attached hydrogen (secondary N) is 2. The van der Waals surface area contributed by atoms with E-state index in [0.29, 0.717) is 25.0 Å². The van der Waals surface area contributed by atoms with Gasteiger partial charge in [0, 0.05) is 23.0 Å². The minimum absolute atomic E-state index is 0.0314. The molecular formula is C34H39F4N3O6. The fourth-order valence-electron chi connectivity index (χ4n) is 6.21. The molecule has 0 saturated heterocycles. The summed E-state index contributed by atoms with van der Waals surface area (Å²) in [6.07, 6.45) is 3.56. The first-order chi connectivity index (χ1) is 22.2. The number of ketones is 1. The number of carbonyl (C=O) groups is 4. The predicted molar refractivity (Wildman–Crippen MR) is 165 cm³/mol.